The van der Waals surface area contributed by atoms with E-state index in [0.29, 0.717) is 16.4 Å². The average molecular weight is 305 g/mol. The van der Waals surface area contributed by atoms with Crippen LogP contribution in [-0.2, 0) is 6.42 Å². The Bertz CT molecular complexity index is 655. The highest BCUT2D eigenvalue weighted by atomic mass is 35.5. The fourth-order valence-electron chi connectivity index (χ4n) is 2.00. The second-order valence-corrected chi connectivity index (χ2v) is 4.94. The zero-order chi connectivity index (χ0) is 15.4. The van der Waals surface area contributed by atoms with Crippen molar-refractivity contribution in [2.75, 3.05) is 11.9 Å². The van der Waals surface area contributed by atoms with Gasteiger partial charge in [0.25, 0.3) is 0 Å². The van der Waals surface area contributed by atoms with Gasteiger partial charge < -0.3 is 15.8 Å². The van der Waals surface area contributed by atoms with Crippen LogP contribution in [0.25, 0.3) is 0 Å². The van der Waals surface area contributed by atoms with Crippen molar-refractivity contribution in [3.63, 3.8) is 0 Å². The number of aryl methyl sites for hydroxylation is 1. The van der Waals surface area contributed by atoms with Crippen LogP contribution < -0.4 is 10.6 Å². The van der Waals surface area contributed by atoms with E-state index in [-0.39, 0.29) is 5.84 Å². The SMILES string of the molecule is CCc1ccc(N(C)c2nccc(/C(N)=N/O)c2Cl)cc1. The molecule has 0 aliphatic rings. The highest BCUT2D eigenvalue weighted by Crippen LogP contribution is 2.31. The second kappa shape index (κ2) is 6.45. The molecule has 2 rings (SSSR count). The summed E-state index contributed by atoms with van der Waals surface area (Å²) in [5.41, 5.74) is 8.27. The van der Waals surface area contributed by atoms with Crippen LogP contribution in [0.2, 0.25) is 5.02 Å². The summed E-state index contributed by atoms with van der Waals surface area (Å²) < 4.78 is 0. The molecule has 1 aromatic heterocycles. The Balaban J connectivity index is 2.40. The molecule has 2 aromatic rings. The van der Waals surface area contributed by atoms with E-state index < -0.39 is 0 Å². The quantitative estimate of drug-likeness (QED) is 0.394. The largest absolute Gasteiger partial charge is 0.409 e. The zero-order valence-corrected chi connectivity index (χ0v) is 12.7. The topological polar surface area (TPSA) is 74.7 Å². The molecule has 5 nitrogen and oxygen atoms in total. The Kier molecular flexibility index (Phi) is 4.65. The van der Waals surface area contributed by atoms with Crippen molar-refractivity contribution >= 4 is 28.9 Å². The number of anilines is 2. The first-order chi connectivity index (χ1) is 10.1. The third-order valence-corrected chi connectivity index (χ3v) is 3.68. The molecule has 0 amide bonds. The van der Waals surface area contributed by atoms with Gasteiger partial charge in [-0.2, -0.15) is 0 Å². The number of halogens is 1. The first-order valence-electron chi connectivity index (χ1n) is 6.53. The third kappa shape index (κ3) is 3.08. The Morgan fingerprint density at radius 1 is 1.33 bits per heavy atom. The Labute approximate surface area is 128 Å². The molecule has 0 radical (unpaired) electrons. The maximum atomic E-state index is 8.79. The van der Waals surface area contributed by atoms with Gasteiger partial charge in [-0.25, -0.2) is 4.98 Å². The summed E-state index contributed by atoms with van der Waals surface area (Å²) in [4.78, 5) is 6.13. The van der Waals surface area contributed by atoms with E-state index in [0.717, 1.165) is 12.1 Å². The standard InChI is InChI=1S/C15H17ClN4O/c1-3-10-4-6-11(7-5-10)20(2)15-13(16)12(8-9-18-15)14(17)19-21/h4-9,21H,3H2,1-2H3,(H2,17,19). The van der Waals surface area contributed by atoms with Gasteiger partial charge in [-0.3, -0.25) is 0 Å². The molecule has 0 unspecified atom stereocenters. The van der Waals surface area contributed by atoms with Gasteiger partial charge >= 0.3 is 0 Å². The van der Waals surface area contributed by atoms with E-state index in [1.807, 2.05) is 24.1 Å². The number of hydrogen-bond acceptors (Lipinski definition) is 4. The average Bonchev–Trinajstić information content (AvgIpc) is 2.54. The number of oxime groups is 1. The Morgan fingerprint density at radius 2 is 2.00 bits per heavy atom. The highest BCUT2D eigenvalue weighted by molar-refractivity contribution is 6.36. The van der Waals surface area contributed by atoms with E-state index in [1.54, 1.807) is 12.3 Å². The van der Waals surface area contributed by atoms with Crippen LogP contribution in [0, 0.1) is 0 Å². The molecule has 110 valence electrons. The number of amidine groups is 1. The normalized spacial score (nSPS) is 11.5. The van der Waals surface area contributed by atoms with Gasteiger partial charge in [0.05, 0.1) is 5.02 Å². The Morgan fingerprint density at radius 3 is 2.57 bits per heavy atom. The predicted octanol–water partition coefficient (Wildman–Crippen LogP) is 3.16. The molecule has 6 heteroatoms. The van der Waals surface area contributed by atoms with Gasteiger partial charge in [-0.15, -0.1) is 0 Å². The minimum Gasteiger partial charge on any atom is -0.409 e. The molecular formula is C15H17ClN4O. The summed E-state index contributed by atoms with van der Waals surface area (Å²) in [7, 11) is 1.87. The molecule has 0 saturated heterocycles. The van der Waals surface area contributed by atoms with Gasteiger partial charge in [0.2, 0.25) is 0 Å². The fraction of sp³-hybridized carbons (Fsp3) is 0.200. The van der Waals surface area contributed by atoms with Gasteiger partial charge in [0, 0.05) is 24.5 Å². The van der Waals surface area contributed by atoms with E-state index in [1.165, 1.54) is 5.56 Å². The third-order valence-electron chi connectivity index (χ3n) is 3.30. The van der Waals surface area contributed by atoms with Gasteiger partial charge in [-0.1, -0.05) is 35.8 Å². The minimum atomic E-state index is -0.0432. The van der Waals surface area contributed by atoms with Crippen LogP contribution in [0.15, 0.2) is 41.7 Å². The number of nitrogens with zero attached hydrogens (tertiary/aromatic N) is 3. The van der Waals surface area contributed by atoms with Crippen LogP contribution >= 0.6 is 11.6 Å². The lowest BCUT2D eigenvalue weighted by molar-refractivity contribution is 0.318. The monoisotopic (exact) mass is 304 g/mol. The summed E-state index contributed by atoms with van der Waals surface area (Å²) >= 11 is 6.31. The molecule has 0 aliphatic heterocycles. The molecule has 0 saturated carbocycles. The lowest BCUT2D eigenvalue weighted by Crippen LogP contribution is -2.17. The number of aromatic nitrogens is 1. The van der Waals surface area contributed by atoms with Crippen LogP contribution in [0.1, 0.15) is 18.1 Å². The molecule has 1 aromatic carbocycles. The summed E-state index contributed by atoms with van der Waals surface area (Å²) in [5, 5.41) is 12.1. The van der Waals surface area contributed by atoms with Gasteiger partial charge in [0.1, 0.15) is 0 Å². The number of pyridine rings is 1. The van der Waals surface area contributed by atoms with Crippen molar-refractivity contribution in [1.29, 1.82) is 0 Å². The summed E-state index contributed by atoms with van der Waals surface area (Å²) in [5.74, 6) is 0.503. The lowest BCUT2D eigenvalue weighted by Gasteiger charge is -2.20. The predicted molar refractivity (Wildman–Crippen MR) is 85.6 cm³/mol. The zero-order valence-electron chi connectivity index (χ0n) is 11.9. The second-order valence-electron chi connectivity index (χ2n) is 4.56. The molecule has 0 spiro atoms. The summed E-state index contributed by atoms with van der Waals surface area (Å²) in [6.07, 6.45) is 2.56. The van der Waals surface area contributed by atoms with E-state index in [9.17, 15) is 0 Å². The minimum absolute atomic E-state index is 0.0432. The van der Waals surface area contributed by atoms with E-state index >= 15 is 0 Å². The number of rotatable bonds is 4. The van der Waals surface area contributed by atoms with Crippen LogP contribution in [0.5, 0.6) is 0 Å². The van der Waals surface area contributed by atoms with Crippen molar-refractivity contribution in [3.05, 3.63) is 52.7 Å². The molecule has 0 bridgehead atoms. The fourth-order valence-corrected chi connectivity index (χ4v) is 2.33. The molecule has 0 aliphatic carbocycles. The van der Waals surface area contributed by atoms with Crippen LogP contribution in [0.4, 0.5) is 11.5 Å². The first kappa shape index (κ1) is 15.1. The number of nitrogens with two attached hydrogens (primary N) is 1. The smallest absolute Gasteiger partial charge is 0.171 e. The van der Waals surface area contributed by atoms with Crippen molar-refractivity contribution in [2.45, 2.75) is 13.3 Å². The number of hydrogen-bond donors (Lipinski definition) is 2. The molecular weight excluding hydrogens is 288 g/mol. The van der Waals surface area contributed by atoms with Crippen molar-refractivity contribution in [1.82, 2.24) is 4.98 Å². The maximum absolute atomic E-state index is 8.79. The summed E-state index contributed by atoms with van der Waals surface area (Å²) in [6, 6.07) is 9.75. The van der Waals surface area contributed by atoms with E-state index in [4.69, 9.17) is 22.5 Å². The van der Waals surface area contributed by atoms with Crippen LogP contribution in [0.3, 0.4) is 0 Å². The lowest BCUT2D eigenvalue weighted by atomic mass is 10.1. The molecule has 21 heavy (non-hydrogen) atoms. The number of benzene rings is 1. The Hall–Kier alpha value is -2.27. The highest BCUT2D eigenvalue weighted by Gasteiger charge is 2.15. The van der Waals surface area contributed by atoms with Crippen LogP contribution in [-0.4, -0.2) is 23.1 Å². The van der Waals surface area contributed by atoms with Gasteiger partial charge in [0.15, 0.2) is 11.7 Å². The van der Waals surface area contributed by atoms with Crippen molar-refractivity contribution in [3.8, 4) is 0 Å². The molecule has 0 atom stereocenters. The summed E-state index contributed by atoms with van der Waals surface area (Å²) in [6.45, 7) is 2.11. The first-order valence-corrected chi connectivity index (χ1v) is 6.91. The molecule has 1 heterocycles. The maximum Gasteiger partial charge on any atom is 0.171 e. The van der Waals surface area contributed by atoms with E-state index in [2.05, 4.69) is 29.2 Å². The van der Waals surface area contributed by atoms with Crippen molar-refractivity contribution in [2.24, 2.45) is 10.9 Å². The molecule has 0 fully saturated rings. The molecule has 3 N–H and O–H groups in total. The van der Waals surface area contributed by atoms with Gasteiger partial charge in [-0.05, 0) is 30.2 Å². The van der Waals surface area contributed by atoms with Crippen molar-refractivity contribution < 1.29 is 5.21 Å².